The second kappa shape index (κ2) is 4.73. The number of hydrogen-bond acceptors (Lipinski definition) is 3. The Morgan fingerprint density at radius 2 is 2.06 bits per heavy atom. The maximum Gasteiger partial charge on any atom is 0.313 e. The van der Waals surface area contributed by atoms with Crippen molar-refractivity contribution in [3.05, 3.63) is 34.9 Å². The summed E-state index contributed by atoms with van der Waals surface area (Å²) >= 11 is 0. The van der Waals surface area contributed by atoms with E-state index in [1.807, 2.05) is 7.05 Å². The maximum absolute atomic E-state index is 12.0. The van der Waals surface area contributed by atoms with Gasteiger partial charge in [0.1, 0.15) is 0 Å². The van der Waals surface area contributed by atoms with Gasteiger partial charge in [-0.3, -0.25) is 4.79 Å². The van der Waals surface area contributed by atoms with Crippen LogP contribution in [-0.4, -0.2) is 20.1 Å². The maximum atomic E-state index is 12.0. The summed E-state index contributed by atoms with van der Waals surface area (Å²) in [6.45, 7) is 4.17. The van der Waals surface area contributed by atoms with E-state index in [0.717, 1.165) is 12.8 Å². The Labute approximate surface area is 109 Å². The molecule has 1 aliphatic carbocycles. The minimum atomic E-state index is -0.359. The van der Waals surface area contributed by atoms with Crippen molar-refractivity contribution in [2.75, 3.05) is 14.2 Å². The molecule has 0 amide bonds. The summed E-state index contributed by atoms with van der Waals surface area (Å²) < 4.78 is 4.97. The van der Waals surface area contributed by atoms with E-state index in [9.17, 15) is 4.79 Å². The van der Waals surface area contributed by atoms with Crippen LogP contribution >= 0.6 is 0 Å². The van der Waals surface area contributed by atoms with Gasteiger partial charge < -0.3 is 10.1 Å². The van der Waals surface area contributed by atoms with Gasteiger partial charge in [0.25, 0.3) is 0 Å². The molecule has 1 fully saturated rings. The zero-order chi connectivity index (χ0) is 13.3. The molecule has 18 heavy (non-hydrogen) atoms. The van der Waals surface area contributed by atoms with Crippen LogP contribution in [0.3, 0.4) is 0 Å². The molecule has 0 bridgehead atoms. The number of ether oxygens (including phenoxy) is 1. The monoisotopic (exact) mass is 247 g/mol. The van der Waals surface area contributed by atoms with E-state index in [-0.39, 0.29) is 17.4 Å². The number of esters is 1. The fraction of sp³-hybridized carbons (Fsp3) is 0.533. The molecule has 0 spiro atoms. The van der Waals surface area contributed by atoms with E-state index in [0.29, 0.717) is 0 Å². The molecule has 0 aliphatic heterocycles. The van der Waals surface area contributed by atoms with Crippen LogP contribution in [0.25, 0.3) is 0 Å². The highest BCUT2D eigenvalue weighted by Gasteiger charge is 2.57. The van der Waals surface area contributed by atoms with Crippen LogP contribution in [0.5, 0.6) is 0 Å². The van der Waals surface area contributed by atoms with Crippen molar-refractivity contribution in [3.8, 4) is 0 Å². The lowest BCUT2D eigenvalue weighted by Gasteiger charge is -2.26. The van der Waals surface area contributed by atoms with Crippen molar-refractivity contribution in [2.24, 2.45) is 5.41 Å². The zero-order valence-electron chi connectivity index (χ0n) is 11.5. The third-order valence-electron chi connectivity index (χ3n) is 3.97. The van der Waals surface area contributed by atoms with Crippen LogP contribution in [0.1, 0.15) is 35.6 Å². The summed E-state index contributed by atoms with van der Waals surface area (Å²) in [6, 6.07) is 6.43. The van der Waals surface area contributed by atoms with Crippen molar-refractivity contribution in [3.63, 3.8) is 0 Å². The normalized spacial score (nSPS) is 18.2. The number of rotatable bonds is 4. The summed E-state index contributed by atoms with van der Waals surface area (Å²) in [6.07, 6.45) is 1.80. The molecule has 1 N–H and O–H groups in total. The lowest BCUT2D eigenvalue weighted by Crippen LogP contribution is -2.34. The van der Waals surface area contributed by atoms with Crippen LogP contribution < -0.4 is 5.32 Å². The minimum Gasteiger partial charge on any atom is -0.469 e. The number of hydrogen-bond donors (Lipinski definition) is 1. The molecule has 98 valence electrons. The molecular weight excluding hydrogens is 226 g/mol. The van der Waals surface area contributed by atoms with E-state index in [4.69, 9.17) is 4.74 Å². The Kier molecular flexibility index (Phi) is 3.44. The van der Waals surface area contributed by atoms with Crippen molar-refractivity contribution in [1.29, 1.82) is 0 Å². The summed E-state index contributed by atoms with van der Waals surface area (Å²) in [5.74, 6) is -0.0947. The number of methoxy groups -OCH3 is 1. The molecular formula is C15H21NO2. The first-order valence-electron chi connectivity index (χ1n) is 6.38. The number of carbonyl (C=O) groups excluding carboxylic acids is 1. The number of benzene rings is 1. The van der Waals surface area contributed by atoms with Crippen LogP contribution in [0.2, 0.25) is 0 Å². The fourth-order valence-electron chi connectivity index (χ4n) is 2.75. The summed E-state index contributed by atoms with van der Waals surface area (Å²) in [5.41, 5.74) is 3.29. The number of nitrogens with one attached hydrogen (secondary N) is 1. The molecule has 2 rings (SSSR count). The number of carbonyl (C=O) groups is 1. The number of aryl methyl sites for hydroxylation is 2. The fourth-order valence-corrected chi connectivity index (χ4v) is 2.75. The minimum absolute atomic E-state index is 0.0462. The van der Waals surface area contributed by atoms with Gasteiger partial charge in [-0.1, -0.05) is 23.8 Å². The van der Waals surface area contributed by atoms with Crippen LogP contribution in [0.15, 0.2) is 18.2 Å². The van der Waals surface area contributed by atoms with Gasteiger partial charge in [0.15, 0.2) is 0 Å². The quantitative estimate of drug-likeness (QED) is 0.831. The Balaban J connectivity index is 2.40. The highest BCUT2D eigenvalue weighted by Crippen LogP contribution is 2.56. The van der Waals surface area contributed by atoms with Gasteiger partial charge in [0.05, 0.1) is 12.5 Å². The zero-order valence-corrected chi connectivity index (χ0v) is 11.5. The Morgan fingerprint density at radius 1 is 1.39 bits per heavy atom. The molecule has 3 nitrogen and oxygen atoms in total. The molecule has 0 heterocycles. The summed E-state index contributed by atoms with van der Waals surface area (Å²) in [5, 5.41) is 3.30. The van der Waals surface area contributed by atoms with Gasteiger partial charge in [0.2, 0.25) is 0 Å². The molecule has 0 aromatic heterocycles. The van der Waals surface area contributed by atoms with Gasteiger partial charge in [0, 0.05) is 6.04 Å². The molecule has 0 radical (unpaired) electrons. The van der Waals surface area contributed by atoms with Gasteiger partial charge in [-0.25, -0.2) is 0 Å². The molecule has 1 aromatic carbocycles. The van der Waals surface area contributed by atoms with E-state index in [1.54, 1.807) is 0 Å². The van der Waals surface area contributed by atoms with Crippen molar-refractivity contribution in [2.45, 2.75) is 32.7 Å². The van der Waals surface area contributed by atoms with Gasteiger partial charge in [-0.15, -0.1) is 0 Å². The topological polar surface area (TPSA) is 38.3 Å². The van der Waals surface area contributed by atoms with Crippen molar-refractivity contribution >= 4 is 5.97 Å². The molecule has 1 aromatic rings. The Morgan fingerprint density at radius 3 is 2.56 bits per heavy atom. The standard InChI is InChI=1S/C15H21NO2/c1-10-5-6-11(2)12(9-10)13(16-3)15(7-8-15)14(17)18-4/h5-6,9,13,16H,7-8H2,1-4H3. The van der Waals surface area contributed by atoms with Gasteiger partial charge in [-0.2, -0.15) is 0 Å². The third kappa shape index (κ3) is 2.03. The van der Waals surface area contributed by atoms with Crippen molar-refractivity contribution < 1.29 is 9.53 Å². The van der Waals surface area contributed by atoms with E-state index in [1.165, 1.54) is 23.8 Å². The van der Waals surface area contributed by atoms with Crippen LogP contribution in [0, 0.1) is 19.3 Å². The van der Waals surface area contributed by atoms with E-state index < -0.39 is 0 Å². The molecule has 1 atom stereocenters. The second-order valence-corrected chi connectivity index (χ2v) is 5.23. The first-order chi connectivity index (χ1) is 8.55. The van der Waals surface area contributed by atoms with Gasteiger partial charge in [-0.05, 0) is 44.9 Å². The van der Waals surface area contributed by atoms with Crippen LogP contribution in [0.4, 0.5) is 0 Å². The third-order valence-corrected chi connectivity index (χ3v) is 3.97. The molecule has 1 saturated carbocycles. The molecule has 1 aliphatic rings. The smallest absolute Gasteiger partial charge is 0.313 e. The first-order valence-corrected chi connectivity index (χ1v) is 6.38. The Hall–Kier alpha value is -1.35. The van der Waals surface area contributed by atoms with E-state index >= 15 is 0 Å². The lowest BCUT2D eigenvalue weighted by molar-refractivity contribution is -0.148. The predicted molar refractivity (Wildman–Crippen MR) is 71.4 cm³/mol. The molecule has 3 heteroatoms. The lowest BCUT2D eigenvalue weighted by atomic mass is 9.87. The summed E-state index contributed by atoms with van der Waals surface area (Å²) in [4.78, 5) is 12.0. The van der Waals surface area contributed by atoms with Crippen LogP contribution in [-0.2, 0) is 9.53 Å². The highest BCUT2D eigenvalue weighted by molar-refractivity contribution is 5.81. The van der Waals surface area contributed by atoms with Gasteiger partial charge >= 0.3 is 5.97 Å². The molecule has 0 saturated heterocycles. The predicted octanol–water partition coefficient (Wildman–Crippen LogP) is 2.52. The average Bonchev–Trinajstić information content (AvgIpc) is 3.15. The largest absolute Gasteiger partial charge is 0.469 e. The second-order valence-electron chi connectivity index (χ2n) is 5.23. The summed E-state index contributed by atoms with van der Waals surface area (Å²) in [7, 11) is 3.38. The average molecular weight is 247 g/mol. The van der Waals surface area contributed by atoms with Crippen molar-refractivity contribution in [1.82, 2.24) is 5.32 Å². The SMILES string of the molecule is CNC(c1cc(C)ccc1C)C1(C(=O)OC)CC1. The Bertz CT molecular complexity index is 464. The van der Waals surface area contributed by atoms with E-state index in [2.05, 4.69) is 37.4 Å². The highest BCUT2D eigenvalue weighted by atomic mass is 16.5. The molecule has 1 unspecified atom stereocenters. The first kappa shape index (κ1) is 13.1.